The number of anilines is 1. The van der Waals surface area contributed by atoms with E-state index in [9.17, 15) is 9.59 Å². The van der Waals surface area contributed by atoms with Crippen LogP contribution >= 0.6 is 23.5 Å². The van der Waals surface area contributed by atoms with Crippen LogP contribution in [0.1, 0.15) is 39.4 Å². The predicted octanol–water partition coefficient (Wildman–Crippen LogP) is 4.49. The molecule has 2 aromatic rings. The summed E-state index contributed by atoms with van der Waals surface area (Å²) in [6.45, 7) is 1.99. The van der Waals surface area contributed by atoms with Gasteiger partial charge in [0.2, 0.25) is 5.91 Å². The minimum absolute atomic E-state index is 0.0486. The maximum absolute atomic E-state index is 12.3. The van der Waals surface area contributed by atoms with E-state index in [1.807, 2.05) is 79.0 Å². The molecule has 0 saturated carbocycles. The molecule has 0 atom stereocenters. The topological polar surface area (TPSA) is 58.2 Å². The Balaban J connectivity index is 1.52. The van der Waals surface area contributed by atoms with Gasteiger partial charge in [0.05, 0.1) is 11.1 Å². The summed E-state index contributed by atoms with van der Waals surface area (Å²) in [5.74, 6) is 1.92. The van der Waals surface area contributed by atoms with E-state index in [-0.39, 0.29) is 18.4 Å². The second-order valence-corrected chi connectivity index (χ2v) is 9.01. The smallest absolute Gasteiger partial charge is 0.251 e. The monoisotopic (exact) mass is 400 g/mol. The van der Waals surface area contributed by atoms with Crippen LogP contribution in [0.5, 0.6) is 0 Å². The average molecular weight is 401 g/mol. The molecule has 1 aliphatic heterocycles. The molecule has 0 spiro atoms. The highest BCUT2D eigenvalue weighted by Crippen LogP contribution is 2.43. The number of hydrogen-bond acceptors (Lipinski definition) is 4. The van der Waals surface area contributed by atoms with Crippen molar-refractivity contribution in [1.82, 2.24) is 5.32 Å². The van der Waals surface area contributed by atoms with Crippen molar-refractivity contribution in [2.75, 3.05) is 23.4 Å². The van der Waals surface area contributed by atoms with Crippen LogP contribution in [0.2, 0.25) is 0 Å². The summed E-state index contributed by atoms with van der Waals surface area (Å²) in [5, 5.41) is 5.56. The molecule has 0 aliphatic carbocycles. The van der Waals surface area contributed by atoms with E-state index in [0.717, 1.165) is 17.7 Å². The van der Waals surface area contributed by atoms with Gasteiger partial charge in [-0.25, -0.2) is 0 Å². The molecule has 0 bridgehead atoms. The van der Waals surface area contributed by atoms with Crippen molar-refractivity contribution in [3.63, 3.8) is 0 Å². The van der Waals surface area contributed by atoms with Crippen LogP contribution in [0.4, 0.5) is 5.69 Å². The number of benzene rings is 2. The number of carbonyl (C=O) groups excluding carboxylic acids is 2. The van der Waals surface area contributed by atoms with Crippen LogP contribution in [0.25, 0.3) is 0 Å². The van der Waals surface area contributed by atoms with E-state index in [2.05, 4.69) is 10.6 Å². The Kier molecular flexibility index (Phi) is 7.24. The first-order valence-corrected chi connectivity index (χ1v) is 11.3. The fraction of sp³-hybridized carbons (Fsp3) is 0.333. The Morgan fingerprint density at radius 1 is 1.04 bits per heavy atom. The molecule has 1 aliphatic rings. The molecule has 0 unspecified atom stereocenters. The molecule has 142 valence electrons. The highest BCUT2D eigenvalue weighted by molar-refractivity contribution is 8.16. The van der Waals surface area contributed by atoms with E-state index in [4.69, 9.17) is 0 Å². The van der Waals surface area contributed by atoms with Gasteiger partial charge >= 0.3 is 0 Å². The van der Waals surface area contributed by atoms with Gasteiger partial charge in [0, 0.05) is 11.3 Å². The van der Waals surface area contributed by atoms with Gasteiger partial charge in [0.15, 0.2) is 0 Å². The maximum atomic E-state index is 12.3. The molecule has 1 heterocycles. The Labute approximate surface area is 168 Å². The van der Waals surface area contributed by atoms with E-state index in [1.165, 1.54) is 23.5 Å². The number of nitrogens with one attached hydrogen (secondary N) is 2. The number of hydrogen-bond donors (Lipinski definition) is 2. The Hall–Kier alpha value is -1.92. The SMILES string of the molecule is CCc1ccccc1NC(=O)CNC(=O)c1ccc(C2SCCCS2)cc1. The third-order valence-electron chi connectivity index (χ3n) is 4.35. The zero-order valence-corrected chi connectivity index (χ0v) is 17.0. The fourth-order valence-corrected chi connectivity index (χ4v) is 5.77. The number of para-hydroxylation sites is 1. The molecule has 2 aromatic carbocycles. The van der Waals surface area contributed by atoms with Crippen molar-refractivity contribution < 1.29 is 9.59 Å². The summed E-state index contributed by atoms with van der Waals surface area (Å²) < 4.78 is 0.459. The van der Waals surface area contributed by atoms with Gasteiger partial charge in [-0.3, -0.25) is 9.59 Å². The van der Waals surface area contributed by atoms with Gasteiger partial charge in [-0.2, -0.15) is 0 Å². The summed E-state index contributed by atoms with van der Waals surface area (Å²) in [6, 6.07) is 15.4. The first-order chi connectivity index (χ1) is 13.2. The van der Waals surface area contributed by atoms with Crippen molar-refractivity contribution in [1.29, 1.82) is 0 Å². The molecule has 0 radical (unpaired) electrons. The Morgan fingerprint density at radius 3 is 2.44 bits per heavy atom. The van der Waals surface area contributed by atoms with Crippen molar-refractivity contribution in [2.45, 2.75) is 24.3 Å². The van der Waals surface area contributed by atoms with E-state index < -0.39 is 0 Å². The highest BCUT2D eigenvalue weighted by atomic mass is 32.2. The molecular weight excluding hydrogens is 376 g/mol. The second kappa shape index (κ2) is 9.85. The van der Waals surface area contributed by atoms with E-state index in [0.29, 0.717) is 10.1 Å². The molecule has 1 saturated heterocycles. The van der Waals surface area contributed by atoms with Gasteiger partial charge in [-0.1, -0.05) is 37.3 Å². The van der Waals surface area contributed by atoms with Gasteiger partial charge < -0.3 is 10.6 Å². The lowest BCUT2D eigenvalue weighted by atomic mass is 10.1. The molecule has 2 amide bonds. The fourth-order valence-electron chi connectivity index (χ4n) is 2.88. The van der Waals surface area contributed by atoms with Crippen LogP contribution in [-0.2, 0) is 11.2 Å². The third kappa shape index (κ3) is 5.53. The second-order valence-electron chi connectivity index (χ2n) is 6.29. The predicted molar refractivity (Wildman–Crippen MR) is 115 cm³/mol. The lowest BCUT2D eigenvalue weighted by Gasteiger charge is -2.21. The maximum Gasteiger partial charge on any atom is 0.251 e. The zero-order valence-electron chi connectivity index (χ0n) is 15.4. The largest absolute Gasteiger partial charge is 0.343 e. The molecular formula is C21H24N2O2S2. The van der Waals surface area contributed by atoms with Crippen LogP contribution in [0.3, 0.4) is 0 Å². The van der Waals surface area contributed by atoms with Crippen molar-refractivity contribution in [3.8, 4) is 0 Å². The molecule has 4 nitrogen and oxygen atoms in total. The lowest BCUT2D eigenvalue weighted by Crippen LogP contribution is -2.33. The molecule has 27 heavy (non-hydrogen) atoms. The third-order valence-corrected chi connectivity index (χ3v) is 7.37. The average Bonchev–Trinajstić information content (AvgIpc) is 2.73. The summed E-state index contributed by atoms with van der Waals surface area (Å²) >= 11 is 3.92. The molecule has 0 aromatic heterocycles. The minimum atomic E-state index is -0.232. The zero-order chi connectivity index (χ0) is 19.1. The lowest BCUT2D eigenvalue weighted by molar-refractivity contribution is -0.115. The number of rotatable bonds is 6. The van der Waals surface area contributed by atoms with Gasteiger partial charge in [-0.15, -0.1) is 23.5 Å². The molecule has 2 N–H and O–H groups in total. The molecule has 6 heteroatoms. The van der Waals surface area contributed by atoms with Gasteiger partial charge in [0.25, 0.3) is 5.91 Å². The van der Waals surface area contributed by atoms with Gasteiger partial charge in [0.1, 0.15) is 0 Å². The van der Waals surface area contributed by atoms with Crippen LogP contribution in [0.15, 0.2) is 48.5 Å². The highest BCUT2D eigenvalue weighted by Gasteiger charge is 2.17. The van der Waals surface area contributed by atoms with Crippen LogP contribution in [-0.4, -0.2) is 29.9 Å². The van der Waals surface area contributed by atoms with E-state index in [1.54, 1.807) is 0 Å². The van der Waals surface area contributed by atoms with E-state index >= 15 is 0 Å². The quantitative estimate of drug-likeness (QED) is 0.750. The van der Waals surface area contributed by atoms with Crippen LogP contribution in [0, 0.1) is 0 Å². The Morgan fingerprint density at radius 2 is 1.74 bits per heavy atom. The standard InChI is InChI=1S/C21H24N2O2S2/c1-2-15-6-3-4-7-18(15)23-19(24)14-22-20(25)16-8-10-17(11-9-16)21-26-12-5-13-27-21/h3-4,6-11,21H,2,5,12-14H2,1H3,(H,22,25)(H,23,24). The normalized spacial score (nSPS) is 14.6. The van der Waals surface area contributed by atoms with Crippen LogP contribution < -0.4 is 10.6 Å². The number of carbonyl (C=O) groups is 2. The summed E-state index contributed by atoms with van der Waals surface area (Å²) in [7, 11) is 0. The van der Waals surface area contributed by atoms with Gasteiger partial charge in [-0.05, 0) is 53.7 Å². The summed E-state index contributed by atoms with van der Waals surface area (Å²) in [5.41, 5.74) is 3.69. The van der Waals surface area contributed by atoms with Crippen molar-refractivity contribution in [3.05, 3.63) is 65.2 Å². The summed E-state index contributed by atoms with van der Waals surface area (Å²) in [6.07, 6.45) is 2.10. The van der Waals surface area contributed by atoms with Crippen molar-refractivity contribution >= 4 is 41.0 Å². The molecule has 1 fully saturated rings. The molecule has 3 rings (SSSR count). The van der Waals surface area contributed by atoms with Crippen molar-refractivity contribution in [2.24, 2.45) is 0 Å². The first-order valence-electron chi connectivity index (χ1n) is 9.16. The number of amides is 2. The minimum Gasteiger partial charge on any atom is -0.343 e. The Bertz CT molecular complexity index is 787. The first kappa shape index (κ1) is 19.8. The summed E-state index contributed by atoms with van der Waals surface area (Å²) in [4.78, 5) is 24.5. The number of aryl methyl sites for hydroxylation is 1. The number of thioether (sulfide) groups is 2.